The average Bonchev–Trinajstić information content (AvgIpc) is 3.29. The van der Waals surface area contributed by atoms with Crippen molar-refractivity contribution in [2.75, 3.05) is 24.5 Å². The molecule has 0 spiro atoms. The summed E-state index contributed by atoms with van der Waals surface area (Å²) < 4.78 is 1.47. The Morgan fingerprint density at radius 1 is 1.20 bits per heavy atom. The van der Waals surface area contributed by atoms with Crippen LogP contribution in [0.5, 0.6) is 0 Å². The fourth-order valence-electron chi connectivity index (χ4n) is 3.81. The number of hydrogen-bond acceptors (Lipinski definition) is 5. The molecule has 0 aliphatic carbocycles. The van der Waals surface area contributed by atoms with Gasteiger partial charge >= 0.3 is 0 Å². The molecule has 156 valence electrons. The fourth-order valence-corrected chi connectivity index (χ4v) is 4.51. The molecule has 4 rings (SSSR count). The highest BCUT2D eigenvalue weighted by Gasteiger charge is 2.26. The minimum atomic E-state index is -0.126. The van der Waals surface area contributed by atoms with Crippen LogP contribution in [0.3, 0.4) is 0 Å². The van der Waals surface area contributed by atoms with Crippen molar-refractivity contribution in [1.29, 1.82) is 0 Å². The van der Waals surface area contributed by atoms with E-state index in [1.807, 2.05) is 36.4 Å². The van der Waals surface area contributed by atoms with Gasteiger partial charge in [-0.05, 0) is 36.3 Å². The van der Waals surface area contributed by atoms with E-state index in [1.54, 1.807) is 23.6 Å². The molecule has 3 aromatic rings. The van der Waals surface area contributed by atoms with Gasteiger partial charge in [-0.25, -0.2) is 4.68 Å². The summed E-state index contributed by atoms with van der Waals surface area (Å²) in [5, 5.41) is 9.48. The molecule has 1 saturated heterocycles. The van der Waals surface area contributed by atoms with E-state index < -0.39 is 0 Å². The Bertz CT molecular complexity index is 1020. The Morgan fingerprint density at radius 2 is 2.07 bits per heavy atom. The number of benzene rings is 1. The highest BCUT2D eigenvalue weighted by atomic mass is 32.1. The molecule has 1 aliphatic rings. The SMILES string of the molecule is O=C(NCCc1cccs1)[C@H]1CCCN(c2cnn(Cc3ccccc3)c(=O)c2)C1. The number of amides is 1. The highest BCUT2D eigenvalue weighted by molar-refractivity contribution is 7.09. The zero-order valence-electron chi connectivity index (χ0n) is 16.9. The molecule has 0 bridgehead atoms. The first kappa shape index (κ1) is 20.3. The van der Waals surface area contributed by atoms with Gasteiger partial charge in [-0.1, -0.05) is 36.4 Å². The lowest BCUT2D eigenvalue weighted by atomic mass is 9.97. The number of rotatable bonds is 7. The second kappa shape index (κ2) is 9.71. The first-order chi connectivity index (χ1) is 14.7. The second-order valence-corrected chi connectivity index (χ2v) is 8.63. The summed E-state index contributed by atoms with van der Waals surface area (Å²) in [5.74, 6) is 0.0375. The van der Waals surface area contributed by atoms with Gasteiger partial charge in [-0.3, -0.25) is 9.59 Å². The Hall–Kier alpha value is -2.93. The number of aromatic nitrogens is 2. The third kappa shape index (κ3) is 5.16. The molecule has 1 amide bonds. The quantitative estimate of drug-likeness (QED) is 0.636. The Morgan fingerprint density at radius 3 is 2.83 bits per heavy atom. The van der Waals surface area contributed by atoms with Crippen LogP contribution in [0.15, 0.2) is 64.9 Å². The summed E-state index contributed by atoms with van der Waals surface area (Å²) in [7, 11) is 0. The molecule has 1 atom stereocenters. The normalized spacial score (nSPS) is 16.4. The molecule has 0 unspecified atom stereocenters. The van der Waals surface area contributed by atoms with Crippen molar-refractivity contribution in [2.24, 2.45) is 5.92 Å². The maximum atomic E-state index is 12.6. The topological polar surface area (TPSA) is 67.2 Å². The number of carbonyl (C=O) groups excluding carboxylic acids is 1. The maximum Gasteiger partial charge on any atom is 0.269 e. The van der Waals surface area contributed by atoms with Crippen LogP contribution in [0.1, 0.15) is 23.3 Å². The molecular formula is C23H26N4O2S. The predicted octanol–water partition coefficient (Wildman–Crippen LogP) is 2.93. The van der Waals surface area contributed by atoms with Crippen molar-refractivity contribution in [3.8, 4) is 0 Å². The van der Waals surface area contributed by atoms with Gasteiger partial charge in [0, 0.05) is 30.6 Å². The van der Waals surface area contributed by atoms with Crippen molar-refractivity contribution in [3.05, 3.63) is 80.9 Å². The number of piperidine rings is 1. The molecule has 2 aromatic heterocycles. The van der Waals surface area contributed by atoms with E-state index in [0.29, 0.717) is 19.6 Å². The van der Waals surface area contributed by atoms with Crippen molar-refractivity contribution >= 4 is 22.9 Å². The smallest absolute Gasteiger partial charge is 0.269 e. The number of thiophene rings is 1. The third-order valence-electron chi connectivity index (χ3n) is 5.44. The summed E-state index contributed by atoms with van der Waals surface area (Å²) in [6.45, 7) is 2.57. The molecule has 1 aromatic carbocycles. The average molecular weight is 423 g/mol. The standard InChI is InChI=1S/C23H26N4O2S/c28-22-14-20(15-25-27(22)16-18-6-2-1-3-7-18)26-12-4-8-19(17-26)23(29)24-11-10-21-9-5-13-30-21/h1-3,5-7,9,13-15,19H,4,8,10-12,16-17H2,(H,24,29)/t19-/m0/s1. The third-order valence-corrected chi connectivity index (χ3v) is 6.37. The minimum Gasteiger partial charge on any atom is -0.369 e. The summed E-state index contributed by atoms with van der Waals surface area (Å²) in [6.07, 6.45) is 4.40. The van der Waals surface area contributed by atoms with Crippen LogP contribution in [0.4, 0.5) is 5.69 Å². The summed E-state index contributed by atoms with van der Waals surface area (Å²) >= 11 is 1.71. The molecule has 7 heteroatoms. The van der Waals surface area contributed by atoms with Crippen LogP contribution in [0.2, 0.25) is 0 Å². The lowest BCUT2D eigenvalue weighted by Crippen LogP contribution is -2.44. The molecule has 6 nitrogen and oxygen atoms in total. The van der Waals surface area contributed by atoms with E-state index in [1.165, 1.54) is 9.56 Å². The minimum absolute atomic E-state index is 0.0613. The number of nitrogens with one attached hydrogen (secondary N) is 1. The Labute approximate surface area is 180 Å². The lowest BCUT2D eigenvalue weighted by Gasteiger charge is -2.33. The van der Waals surface area contributed by atoms with Crippen LogP contribution < -0.4 is 15.8 Å². The predicted molar refractivity (Wildman–Crippen MR) is 120 cm³/mol. The highest BCUT2D eigenvalue weighted by Crippen LogP contribution is 2.22. The van der Waals surface area contributed by atoms with E-state index in [2.05, 4.69) is 26.8 Å². The molecule has 0 saturated carbocycles. The number of anilines is 1. The first-order valence-electron chi connectivity index (χ1n) is 10.4. The van der Waals surface area contributed by atoms with E-state index in [0.717, 1.165) is 37.1 Å². The fraction of sp³-hybridized carbons (Fsp3) is 0.348. The van der Waals surface area contributed by atoms with Crippen LogP contribution in [-0.4, -0.2) is 35.3 Å². The summed E-state index contributed by atoms with van der Waals surface area (Å²) in [4.78, 5) is 28.5. The lowest BCUT2D eigenvalue weighted by molar-refractivity contribution is -0.125. The monoisotopic (exact) mass is 422 g/mol. The summed E-state index contributed by atoms with van der Waals surface area (Å²) in [6, 6.07) is 15.6. The Balaban J connectivity index is 1.35. The van der Waals surface area contributed by atoms with Gasteiger partial charge < -0.3 is 10.2 Å². The molecule has 3 heterocycles. The van der Waals surface area contributed by atoms with Gasteiger partial charge in [-0.15, -0.1) is 11.3 Å². The molecule has 1 fully saturated rings. The Kier molecular flexibility index (Phi) is 6.59. The van der Waals surface area contributed by atoms with Crippen molar-refractivity contribution in [3.63, 3.8) is 0 Å². The number of nitrogens with zero attached hydrogens (tertiary/aromatic N) is 3. The van der Waals surface area contributed by atoms with E-state index in [-0.39, 0.29) is 17.4 Å². The largest absolute Gasteiger partial charge is 0.369 e. The van der Waals surface area contributed by atoms with E-state index in [9.17, 15) is 9.59 Å². The number of carbonyl (C=O) groups is 1. The van der Waals surface area contributed by atoms with Gasteiger partial charge in [0.05, 0.1) is 24.3 Å². The van der Waals surface area contributed by atoms with Crippen LogP contribution in [-0.2, 0) is 17.8 Å². The van der Waals surface area contributed by atoms with Crippen molar-refractivity contribution in [2.45, 2.75) is 25.8 Å². The van der Waals surface area contributed by atoms with Gasteiger partial charge in [-0.2, -0.15) is 5.10 Å². The van der Waals surface area contributed by atoms with Gasteiger partial charge in [0.15, 0.2) is 0 Å². The maximum absolute atomic E-state index is 12.6. The van der Waals surface area contributed by atoms with E-state index in [4.69, 9.17) is 0 Å². The second-order valence-electron chi connectivity index (χ2n) is 7.60. The molecule has 0 radical (unpaired) electrons. The molecular weight excluding hydrogens is 396 g/mol. The van der Waals surface area contributed by atoms with Crippen molar-refractivity contribution < 1.29 is 4.79 Å². The molecule has 30 heavy (non-hydrogen) atoms. The zero-order valence-corrected chi connectivity index (χ0v) is 17.7. The van der Waals surface area contributed by atoms with Crippen LogP contribution in [0, 0.1) is 5.92 Å². The van der Waals surface area contributed by atoms with Crippen molar-refractivity contribution in [1.82, 2.24) is 15.1 Å². The summed E-state index contributed by atoms with van der Waals surface area (Å²) in [5.41, 5.74) is 1.70. The molecule has 1 aliphatic heterocycles. The van der Waals surface area contributed by atoms with Gasteiger partial charge in [0.2, 0.25) is 5.91 Å². The zero-order chi connectivity index (χ0) is 20.8. The van der Waals surface area contributed by atoms with Crippen LogP contribution in [0.25, 0.3) is 0 Å². The van der Waals surface area contributed by atoms with Crippen LogP contribution >= 0.6 is 11.3 Å². The molecule has 1 N–H and O–H groups in total. The van der Waals surface area contributed by atoms with Gasteiger partial charge in [0.1, 0.15) is 0 Å². The van der Waals surface area contributed by atoms with E-state index >= 15 is 0 Å². The first-order valence-corrected chi connectivity index (χ1v) is 11.2. The van der Waals surface area contributed by atoms with Gasteiger partial charge in [0.25, 0.3) is 5.56 Å². The number of hydrogen-bond donors (Lipinski definition) is 1.